The Hall–Kier alpha value is -2.03. The summed E-state index contributed by atoms with van der Waals surface area (Å²) in [4.78, 5) is 16.0. The number of carbonyl (C=O) groups is 1. The van der Waals surface area contributed by atoms with Crippen molar-refractivity contribution in [1.82, 2.24) is 4.98 Å². The van der Waals surface area contributed by atoms with E-state index in [9.17, 15) is 9.18 Å². The van der Waals surface area contributed by atoms with Crippen molar-refractivity contribution in [2.45, 2.75) is 20.3 Å². The van der Waals surface area contributed by atoms with Crippen molar-refractivity contribution < 1.29 is 9.18 Å². The van der Waals surface area contributed by atoms with Crippen molar-refractivity contribution in [1.29, 1.82) is 0 Å². The molecule has 1 aromatic heterocycles. The van der Waals surface area contributed by atoms with Crippen LogP contribution in [0.1, 0.15) is 29.4 Å². The molecule has 0 bridgehead atoms. The summed E-state index contributed by atoms with van der Waals surface area (Å²) in [5.41, 5.74) is 2.95. The van der Waals surface area contributed by atoms with Gasteiger partial charge in [-0.15, -0.1) is 0 Å². The lowest BCUT2D eigenvalue weighted by Crippen LogP contribution is -2.02. The first-order valence-corrected chi connectivity index (χ1v) is 5.88. The molecule has 0 radical (unpaired) electrons. The second-order valence-corrected chi connectivity index (χ2v) is 4.20. The van der Waals surface area contributed by atoms with Gasteiger partial charge in [-0.05, 0) is 48.9 Å². The van der Waals surface area contributed by atoms with Gasteiger partial charge in [0.2, 0.25) is 0 Å². The third-order valence-corrected chi connectivity index (χ3v) is 2.72. The van der Waals surface area contributed by atoms with Crippen LogP contribution in [-0.2, 0) is 0 Å². The Balaban J connectivity index is 2.48. The molecule has 0 N–H and O–H groups in total. The van der Waals surface area contributed by atoms with Crippen LogP contribution in [0.3, 0.4) is 0 Å². The molecule has 2 aromatic rings. The van der Waals surface area contributed by atoms with Crippen LogP contribution < -0.4 is 0 Å². The SMILES string of the molecule is CCC(=O)c1cc(C)cc(-c2ccc(F)cc2)n1. The summed E-state index contributed by atoms with van der Waals surface area (Å²) in [5.74, 6) is -0.265. The summed E-state index contributed by atoms with van der Waals surface area (Å²) >= 11 is 0. The lowest BCUT2D eigenvalue weighted by Gasteiger charge is -2.05. The summed E-state index contributed by atoms with van der Waals surface area (Å²) < 4.78 is 12.9. The van der Waals surface area contributed by atoms with Gasteiger partial charge in [0.25, 0.3) is 0 Å². The van der Waals surface area contributed by atoms with E-state index in [0.717, 1.165) is 11.1 Å². The zero-order valence-corrected chi connectivity index (χ0v) is 10.4. The molecule has 0 aliphatic carbocycles. The first-order chi connectivity index (χ1) is 8.60. The average Bonchev–Trinajstić information content (AvgIpc) is 2.38. The molecule has 0 saturated heterocycles. The van der Waals surface area contributed by atoms with Crippen LogP contribution >= 0.6 is 0 Å². The highest BCUT2D eigenvalue weighted by Crippen LogP contribution is 2.20. The van der Waals surface area contributed by atoms with Crippen molar-refractivity contribution in [2.75, 3.05) is 0 Å². The van der Waals surface area contributed by atoms with Crippen molar-refractivity contribution in [2.24, 2.45) is 0 Å². The average molecular weight is 243 g/mol. The van der Waals surface area contributed by atoms with Crippen LogP contribution in [0, 0.1) is 12.7 Å². The fourth-order valence-electron chi connectivity index (χ4n) is 1.76. The van der Waals surface area contributed by atoms with E-state index in [2.05, 4.69) is 4.98 Å². The van der Waals surface area contributed by atoms with Crippen molar-refractivity contribution in [3.63, 3.8) is 0 Å². The maximum absolute atomic E-state index is 12.9. The third kappa shape index (κ3) is 2.62. The molecule has 0 fully saturated rings. The fraction of sp³-hybridized carbons (Fsp3) is 0.200. The Labute approximate surface area is 105 Å². The van der Waals surface area contributed by atoms with Crippen LogP contribution in [0.5, 0.6) is 0 Å². The molecular weight excluding hydrogens is 229 g/mol. The van der Waals surface area contributed by atoms with E-state index >= 15 is 0 Å². The number of nitrogens with zero attached hydrogens (tertiary/aromatic N) is 1. The Morgan fingerprint density at radius 2 is 1.89 bits per heavy atom. The largest absolute Gasteiger partial charge is 0.292 e. The predicted molar refractivity (Wildman–Crippen MR) is 69.0 cm³/mol. The number of Topliss-reactive ketones (excluding diaryl/α,β-unsaturated/α-hetero) is 1. The second kappa shape index (κ2) is 5.08. The van der Waals surface area contributed by atoms with E-state index in [1.54, 1.807) is 18.2 Å². The van der Waals surface area contributed by atoms with Gasteiger partial charge in [-0.2, -0.15) is 0 Å². The predicted octanol–water partition coefficient (Wildman–Crippen LogP) is 3.79. The van der Waals surface area contributed by atoms with Crippen LogP contribution in [0.25, 0.3) is 11.3 Å². The van der Waals surface area contributed by atoms with Gasteiger partial charge in [-0.3, -0.25) is 4.79 Å². The monoisotopic (exact) mass is 243 g/mol. The standard InChI is InChI=1S/C15H14FNO/c1-3-15(18)14-9-10(2)8-13(17-14)11-4-6-12(16)7-5-11/h4-9H,3H2,1-2H3. The summed E-state index contributed by atoms with van der Waals surface area (Å²) in [6.45, 7) is 3.73. The Morgan fingerprint density at radius 1 is 1.22 bits per heavy atom. The number of pyridine rings is 1. The number of hydrogen-bond donors (Lipinski definition) is 0. The van der Waals surface area contributed by atoms with E-state index in [0.29, 0.717) is 17.8 Å². The summed E-state index contributed by atoms with van der Waals surface area (Å²) in [6, 6.07) is 9.77. The molecular formula is C15H14FNO. The van der Waals surface area contributed by atoms with E-state index in [1.165, 1.54) is 12.1 Å². The highest BCUT2D eigenvalue weighted by Gasteiger charge is 2.08. The first-order valence-electron chi connectivity index (χ1n) is 5.88. The van der Waals surface area contributed by atoms with E-state index in [1.807, 2.05) is 19.9 Å². The number of aryl methyl sites for hydroxylation is 1. The van der Waals surface area contributed by atoms with E-state index in [4.69, 9.17) is 0 Å². The Kier molecular flexibility index (Phi) is 3.51. The minimum Gasteiger partial charge on any atom is -0.292 e. The Morgan fingerprint density at radius 3 is 2.50 bits per heavy atom. The first kappa shape index (κ1) is 12.4. The quantitative estimate of drug-likeness (QED) is 0.768. The van der Waals surface area contributed by atoms with Crippen LogP contribution in [-0.4, -0.2) is 10.8 Å². The van der Waals surface area contributed by atoms with Crippen molar-refractivity contribution >= 4 is 5.78 Å². The second-order valence-electron chi connectivity index (χ2n) is 4.20. The number of carbonyl (C=O) groups excluding carboxylic acids is 1. The molecule has 1 aromatic carbocycles. The maximum Gasteiger partial charge on any atom is 0.180 e. The summed E-state index contributed by atoms with van der Waals surface area (Å²) in [7, 11) is 0. The van der Waals surface area contributed by atoms with Crippen molar-refractivity contribution in [3.05, 3.63) is 53.5 Å². The Bertz CT molecular complexity index is 576. The molecule has 0 unspecified atom stereocenters. The summed E-state index contributed by atoms with van der Waals surface area (Å²) in [5, 5.41) is 0. The minimum absolute atomic E-state index is 0.0158. The third-order valence-electron chi connectivity index (χ3n) is 2.72. The van der Waals surface area contributed by atoms with Gasteiger partial charge >= 0.3 is 0 Å². The van der Waals surface area contributed by atoms with Gasteiger partial charge in [0.15, 0.2) is 5.78 Å². The topological polar surface area (TPSA) is 30.0 Å². The molecule has 0 atom stereocenters. The molecule has 1 heterocycles. The van der Waals surface area contributed by atoms with Gasteiger partial charge in [0, 0.05) is 12.0 Å². The number of halogens is 1. The fourth-order valence-corrected chi connectivity index (χ4v) is 1.76. The molecule has 0 spiro atoms. The highest BCUT2D eigenvalue weighted by molar-refractivity contribution is 5.94. The molecule has 2 nitrogen and oxygen atoms in total. The summed E-state index contributed by atoms with van der Waals surface area (Å²) in [6.07, 6.45) is 0.430. The van der Waals surface area contributed by atoms with Crippen LogP contribution in [0.4, 0.5) is 4.39 Å². The number of hydrogen-bond acceptors (Lipinski definition) is 2. The van der Waals surface area contributed by atoms with Gasteiger partial charge in [0.05, 0.1) is 5.69 Å². The van der Waals surface area contributed by atoms with E-state index in [-0.39, 0.29) is 11.6 Å². The number of benzene rings is 1. The molecule has 2 rings (SSSR count). The van der Waals surface area contributed by atoms with Gasteiger partial charge in [0.1, 0.15) is 11.5 Å². The molecule has 0 aliphatic rings. The van der Waals surface area contributed by atoms with Gasteiger partial charge in [-0.1, -0.05) is 6.92 Å². The maximum atomic E-state index is 12.9. The zero-order chi connectivity index (χ0) is 13.1. The van der Waals surface area contributed by atoms with Gasteiger partial charge in [-0.25, -0.2) is 9.37 Å². The van der Waals surface area contributed by atoms with Crippen LogP contribution in [0.2, 0.25) is 0 Å². The number of ketones is 1. The normalized spacial score (nSPS) is 10.4. The highest BCUT2D eigenvalue weighted by atomic mass is 19.1. The van der Waals surface area contributed by atoms with Crippen LogP contribution in [0.15, 0.2) is 36.4 Å². The van der Waals surface area contributed by atoms with Gasteiger partial charge < -0.3 is 0 Å². The smallest absolute Gasteiger partial charge is 0.180 e. The lowest BCUT2D eigenvalue weighted by atomic mass is 10.1. The molecule has 0 aliphatic heterocycles. The lowest BCUT2D eigenvalue weighted by molar-refractivity contribution is 0.0983. The molecule has 92 valence electrons. The molecule has 18 heavy (non-hydrogen) atoms. The minimum atomic E-state index is -0.281. The number of aromatic nitrogens is 1. The number of rotatable bonds is 3. The van der Waals surface area contributed by atoms with Crippen molar-refractivity contribution in [3.8, 4) is 11.3 Å². The molecule has 0 saturated carbocycles. The molecule has 0 amide bonds. The zero-order valence-electron chi connectivity index (χ0n) is 10.4. The molecule has 3 heteroatoms. The van der Waals surface area contributed by atoms with E-state index < -0.39 is 0 Å².